The number of sulfonamides is 1. The number of nitrogens with two attached hydrogens (primary N) is 1. The average Bonchev–Trinajstić information content (AvgIpc) is 3.37. The van der Waals surface area contributed by atoms with Gasteiger partial charge in [0.1, 0.15) is 66.9 Å². The third-order valence-corrected chi connectivity index (χ3v) is 13.9. The van der Waals surface area contributed by atoms with E-state index in [4.69, 9.17) is 15.7 Å². The van der Waals surface area contributed by atoms with E-state index in [1.165, 1.54) is 50.1 Å². The lowest BCUT2D eigenvalue weighted by atomic mass is 10.1. The first-order valence-electron chi connectivity index (χ1n) is 15.1. The number of ether oxygens (including phenoxy) is 1. The lowest BCUT2D eigenvalue weighted by Crippen LogP contribution is -3.00. The molecule has 3 aromatic rings. The molecule has 1 aromatic heterocycles. The lowest BCUT2D eigenvalue weighted by molar-refractivity contribution is -1.08. The van der Waals surface area contributed by atoms with Crippen LogP contribution < -0.4 is 32.5 Å². The van der Waals surface area contributed by atoms with Crippen LogP contribution in [0.25, 0.3) is 10.1 Å². The SMILES string of the molecule is Cc1c(S(=O)(=O)NC(c2ccc(C#N)c(F)c2)P(=O)([O-])O)sc2ccc(OCCC[N+]34CC[N+](CCCN=CN)(CC3)CC4)cc12.[Cl-]. The van der Waals surface area contributed by atoms with Crippen LogP contribution in [0.15, 0.2) is 45.6 Å². The van der Waals surface area contributed by atoms with E-state index in [2.05, 4.69) is 4.99 Å². The molecule has 2 unspecified atom stereocenters. The summed E-state index contributed by atoms with van der Waals surface area (Å²) in [6.45, 7) is 12.2. The van der Waals surface area contributed by atoms with Gasteiger partial charge in [-0.15, -0.1) is 11.3 Å². The highest BCUT2D eigenvalue weighted by Crippen LogP contribution is 2.48. The molecule has 4 heterocycles. The number of aliphatic imine (C=N–C) groups is 1. The molecule has 47 heavy (non-hydrogen) atoms. The number of piperazine rings is 3. The smallest absolute Gasteiger partial charge is 0.251 e. The van der Waals surface area contributed by atoms with Gasteiger partial charge in [-0.1, -0.05) is 6.07 Å². The number of hydrogen-bond acceptors (Lipinski definition) is 8. The second kappa shape index (κ2) is 14.9. The Labute approximate surface area is 284 Å². The molecular weight excluding hydrogens is 690 g/mol. The molecule has 6 rings (SSSR count). The van der Waals surface area contributed by atoms with Gasteiger partial charge in [-0.25, -0.2) is 12.8 Å². The number of hydrogen-bond donors (Lipinski definition) is 3. The summed E-state index contributed by atoms with van der Waals surface area (Å²) in [6, 6.07) is 9.72. The number of thiophene rings is 1. The van der Waals surface area contributed by atoms with Gasteiger partial charge in [-0.05, 0) is 48.4 Å². The van der Waals surface area contributed by atoms with Crippen molar-refractivity contribution in [3.05, 3.63) is 58.9 Å². The number of nitrogens with zero attached hydrogens (tertiary/aromatic N) is 4. The maximum absolute atomic E-state index is 14.2. The first kappa shape index (κ1) is 37.2. The fourth-order valence-corrected chi connectivity index (χ4v) is 10.9. The average molecular weight is 729 g/mol. The van der Waals surface area contributed by atoms with E-state index in [1.54, 1.807) is 31.2 Å². The molecule has 3 saturated heterocycles. The molecule has 2 atom stereocenters. The zero-order chi connectivity index (χ0) is 33.2. The number of aryl methyl sites for hydroxylation is 1. The molecule has 0 radical (unpaired) electrons. The van der Waals surface area contributed by atoms with Crippen LogP contribution in [0.5, 0.6) is 5.75 Å². The van der Waals surface area contributed by atoms with E-state index in [0.717, 1.165) is 60.4 Å². The Hall–Kier alpha value is -2.64. The molecule has 0 spiro atoms. The van der Waals surface area contributed by atoms with E-state index < -0.39 is 29.2 Å². The van der Waals surface area contributed by atoms with Crippen LogP contribution in [0.4, 0.5) is 4.39 Å². The molecule has 0 amide bonds. The van der Waals surface area contributed by atoms with Crippen molar-refractivity contribution in [3.8, 4) is 11.8 Å². The first-order chi connectivity index (χ1) is 21.8. The van der Waals surface area contributed by atoms with Crippen molar-refractivity contribution in [1.82, 2.24) is 4.72 Å². The third kappa shape index (κ3) is 8.33. The van der Waals surface area contributed by atoms with Crippen LogP contribution in [-0.4, -0.2) is 94.1 Å². The minimum atomic E-state index is -5.37. The van der Waals surface area contributed by atoms with Gasteiger partial charge in [0.05, 0.1) is 31.6 Å². The number of quaternary nitrogens is 2. The number of fused-ring (bicyclic) bond motifs is 4. The Morgan fingerprint density at radius 3 is 2.38 bits per heavy atom. The molecule has 2 bridgehead atoms. The van der Waals surface area contributed by atoms with E-state index >= 15 is 0 Å². The molecule has 3 aliphatic heterocycles. The normalized spacial score (nSPS) is 22.9. The molecule has 17 heteroatoms. The largest absolute Gasteiger partial charge is 1.00 e. The van der Waals surface area contributed by atoms with Crippen LogP contribution in [0.3, 0.4) is 0 Å². The van der Waals surface area contributed by atoms with Crippen LogP contribution in [0.2, 0.25) is 0 Å². The summed E-state index contributed by atoms with van der Waals surface area (Å²) < 4.78 is 64.1. The molecule has 4 N–H and O–H groups in total. The highest BCUT2D eigenvalue weighted by Gasteiger charge is 2.48. The summed E-state index contributed by atoms with van der Waals surface area (Å²) in [4.78, 5) is 26.2. The maximum Gasteiger partial charge on any atom is 0.251 e. The molecule has 0 saturated carbocycles. The Bertz CT molecular complexity index is 1800. The summed E-state index contributed by atoms with van der Waals surface area (Å²) in [5.74, 6) is -2.59. The highest BCUT2D eigenvalue weighted by atomic mass is 35.5. The standard InChI is InChI=1S/C30H38FN6O6PS2.ClH/c1-22-26-19-25(43-17-3-10-37-14-11-36(12-15-37,13-16-37)9-2-8-34-21-33)6-7-28(26)45-30(22)46(41,42)35-29(44(38,39)40)23-4-5-24(20-32)27(31)18-23;/h4-7,18-19,21,29,35H,2-3,8-17H2,1H3,(H2-2,33,34,38,39,40);1H. The quantitative estimate of drug-likeness (QED) is 0.0658. The van der Waals surface area contributed by atoms with Crippen molar-refractivity contribution >= 4 is 45.4 Å². The van der Waals surface area contributed by atoms with Crippen LogP contribution in [0.1, 0.15) is 35.3 Å². The summed E-state index contributed by atoms with van der Waals surface area (Å²) in [5, 5.41) is 9.60. The van der Waals surface area contributed by atoms with Gasteiger partial charge in [0.15, 0.2) is 7.60 Å². The first-order valence-corrected chi connectivity index (χ1v) is 19.1. The Morgan fingerprint density at radius 1 is 1.17 bits per heavy atom. The van der Waals surface area contributed by atoms with Crippen molar-refractivity contribution < 1.29 is 53.3 Å². The predicted octanol–water partition coefficient (Wildman–Crippen LogP) is -0.446. The fraction of sp³-hybridized carbons (Fsp3) is 0.467. The number of nitrogens with one attached hydrogen (secondary N) is 1. The van der Waals surface area contributed by atoms with Gasteiger partial charge in [-0.3, -0.25) is 4.99 Å². The lowest BCUT2D eigenvalue weighted by Gasteiger charge is -2.55. The topological polar surface area (TPSA) is 178 Å². The van der Waals surface area contributed by atoms with Gasteiger partial charge in [0.2, 0.25) is 0 Å². The Kier molecular flexibility index (Phi) is 11.8. The van der Waals surface area contributed by atoms with E-state index in [9.17, 15) is 27.2 Å². The molecule has 12 nitrogen and oxygen atoms in total. The molecule has 3 fully saturated rings. The number of halogens is 2. The van der Waals surface area contributed by atoms with Gasteiger partial charge < -0.3 is 46.2 Å². The molecule has 3 aliphatic rings. The monoisotopic (exact) mass is 728 g/mol. The molecule has 0 aliphatic carbocycles. The highest BCUT2D eigenvalue weighted by molar-refractivity contribution is 7.92. The summed E-state index contributed by atoms with van der Waals surface area (Å²) in [7, 11) is -9.86. The molecular formula is C30H39ClFN6O6PS2. The Balaban J connectivity index is 0.00000500. The maximum atomic E-state index is 14.2. The van der Waals surface area contributed by atoms with Crippen LogP contribution in [-0.2, 0) is 14.6 Å². The van der Waals surface area contributed by atoms with Crippen molar-refractivity contribution in [1.29, 1.82) is 5.26 Å². The minimum absolute atomic E-state index is 0. The number of nitriles is 1. The van der Waals surface area contributed by atoms with E-state index in [0.29, 0.717) is 34.1 Å². The Morgan fingerprint density at radius 2 is 1.81 bits per heavy atom. The predicted molar refractivity (Wildman–Crippen MR) is 172 cm³/mol. The second-order valence-corrected chi connectivity index (χ2v) is 16.8. The second-order valence-electron chi connectivity index (χ2n) is 12.2. The molecule has 2 aromatic carbocycles. The van der Waals surface area contributed by atoms with Crippen LogP contribution in [0, 0.1) is 24.1 Å². The van der Waals surface area contributed by atoms with Crippen LogP contribution >= 0.6 is 18.9 Å². The molecule has 256 valence electrons. The van der Waals surface area contributed by atoms with E-state index in [1.807, 2.05) is 4.72 Å². The number of rotatable bonds is 14. The third-order valence-electron chi connectivity index (χ3n) is 9.35. The van der Waals surface area contributed by atoms with Gasteiger partial charge in [0, 0.05) is 29.5 Å². The van der Waals surface area contributed by atoms with Crippen molar-refractivity contribution in [2.75, 3.05) is 65.5 Å². The van der Waals surface area contributed by atoms with Gasteiger partial charge in [0.25, 0.3) is 10.0 Å². The van der Waals surface area contributed by atoms with Gasteiger partial charge >= 0.3 is 0 Å². The zero-order valence-corrected chi connectivity index (χ0v) is 29.3. The van der Waals surface area contributed by atoms with Crippen molar-refractivity contribution in [2.24, 2.45) is 10.7 Å². The summed E-state index contributed by atoms with van der Waals surface area (Å²) >= 11 is 0.945. The summed E-state index contributed by atoms with van der Waals surface area (Å²) in [6.07, 6.45) is 3.33. The zero-order valence-electron chi connectivity index (χ0n) is 26.0. The van der Waals surface area contributed by atoms with Crippen molar-refractivity contribution in [3.63, 3.8) is 0 Å². The van der Waals surface area contributed by atoms with E-state index in [-0.39, 0.29) is 27.7 Å². The fourth-order valence-electron chi connectivity index (χ4n) is 6.62. The van der Waals surface area contributed by atoms with Gasteiger partial charge in [-0.2, -0.15) is 9.98 Å². The number of benzene rings is 2. The summed E-state index contributed by atoms with van der Waals surface area (Å²) in [5.41, 5.74) is 5.04. The minimum Gasteiger partial charge on any atom is -1.00 e. The van der Waals surface area contributed by atoms with Crippen molar-refractivity contribution in [2.45, 2.75) is 29.8 Å².